The van der Waals surface area contributed by atoms with Gasteiger partial charge in [0.15, 0.2) is 0 Å². The summed E-state index contributed by atoms with van der Waals surface area (Å²) in [5.41, 5.74) is -1.69. The molecule has 15 heteroatoms. The van der Waals surface area contributed by atoms with Crippen molar-refractivity contribution in [2.24, 2.45) is 0 Å². The van der Waals surface area contributed by atoms with E-state index in [1.165, 1.54) is 13.8 Å². The number of halogens is 10. The molecule has 37 heavy (non-hydrogen) atoms. The third-order valence-electron chi connectivity index (χ3n) is 4.19. The van der Waals surface area contributed by atoms with Crippen molar-refractivity contribution in [3.8, 4) is 0 Å². The summed E-state index contributed by atoms with van der Waals surface area (Å²) in [7, 11) is 0. The Morgan fingerprint density at radius 3 is 1.68 bits per heavy atom. The van der Waals surface area contributed by atoms with Gasteiger partial charge in [-0.2, -0.15) is 26.3 Å². The average molecular weight is 672 g/mol. The molecule has 204 valence electrons. The molecule has 0 aliphatic rings. The number of rotatable bonds is 8. The van der Waals surface area contributed by atoms with Crippen LogP contribution in [-0.4, -0.2) is 42.8 Å². The summed E-state index contributed by atoms with van der Waals surface area (Å²) in [5.74, 6) is -21.8. The number of carbonyl (C=O) groups excluding carboxylic acids is 3. The molecule has 5 nitrogen and oxygen atoms in total. The summed E-state index contributed by atoms with van der Waals surface area (Å²) in [4.78, 5) is 33.4. The number of Topliss-reactive ketones (excluding diaryl/α,β-unsaturated/α-hetero) is 1. The van der Waals surface area contributed by atoms with Crippen molar-refractivity contribution in [2.45, 2.75) is 31.6 Å². The molecule has 0 amide bonds. The summed E-state index contributed by atoms with van der Waals surface area (Å²) >= 11 is 5.34. The number of alkyl halides is 6. The lowest BCUT2D eigenvalue weighted by Crippen LogP contribution is -2.46. The Balaban J connectivity index is 0.000000371. The van der Waals surface area contributed by atoms with E-state index in [1.54, 1.807) is 0 Å². The summed E-state index contributed by atoms with van der Waals surface area (Å²) < 4.78 is 114. The maximum atomic E-state index is 13.7. The lowest BCUT2D eigenvalue weighted by atomic mass is 10.0. The van der Waals surface area contributed by atoms with Crippen LogP contribution in [0.3, 0.4) is 0 Å². The second kappa shape index (κ2) is 12.8. The van der Waals surface area contributed by atoms with Gasteiger partial charge < -0.3 is 9.47 Å². The van der Waals surface area contributed by atoms with Crippen LogP contribution < -0.4 is 0 Å². The fourth-order valence-electron chi connectivity index (χ4n) is 2.42. The monoisotopic (exact) mass is 670 g/mol. The van der Waals surface area contributed by atoms with Gasteiger partial charge in [-0.15, -0.1) is 0 Å². The molecule has 0 heterocycles. The van der Waals surface area contributed by atoms with Gasteiger partial charge in [-0.05, 0) is 66.2 Å². The summed E-state index contributed by atoms with van der Waals surface area (Å²) in [5, 5.41) is 0. The van der Waals surface area contributed by atoms with Crippen molar-refractivity contribution in [1.29, 1.82) is 0 Å². The predicted molar refractivity (Wildman–Crippen MR) is 120 cm³/mol. The number of hydrogen-bond acceptors (Lipinski definition) is 5. The van der Waals surface area contributed by atoms with Crippen molar-refractivity contribution < 1.29 is 59.0 Å². The molecular weight excluding hydrogens is 656 g/mol. The van der Waals surface area contributed by atoms with Crippen LogP contribution in [0.25, 0.3) is 0 Å². The van der Waals surface area contributed by atoms with E-state index in [2.05, 4.69) is 41.3 Å². The molecule has 0 atom stereocenters. The van der Waals surface area contributed by atoms with Gasteiger partial charge in [-0.1, -0.05) is 15.9 Å². The molecule has 0 aliphatic carbocycles. The SMILES string of the molecule is CCOC(=O)C(F)(F)C(=O)c1ccc(F)cc1Br.CCOC(=O)C(F)(F)C(F)(F)c1ccc(F)cc1Br. The number of ketones is 1. The minimum absolute atomic E-state index is 0.156. The zero-order chi connectivity index (χ0) is 28.8. The van der Waals surface area contributed by atoms with Gasteiger partial charge in [0.05, 0.1) is 13.2 Å². The second-order valence-electron chi connectivity index (χ2n) is 6.74. The minimum Gasteiger partial charge on any atom is -0.461 e. The van der Waals surface area contributed by atoms with E-state index in [1.807, 2.05) is 0 Å². The highest BCUT2D eigenvalue weighted by Crippen LogP contribution is 2.46. The van der Waals surface area contributed by atoms with Gasteiger partial charge in [0.1, 0.15) is 11.6 Å². The smallest absolute Gasteiger partial charge is 0.408 e. The summed E-state index contributed by atoms with van der Waals surface area (Å²) in [6.45, 7) is 1.81. The normalized spacial score (nSPS) is 11.8. The molecule has 0 N–H and O–H groups in total. The van der Waals surface area contributed by atoms with Crippen LogP contribution in [0.1, 0.15) is 29.8 Å². The highest BCUT2D eigenvalue weighted by atomic mass is 79.9. The van der Waals surface area contributed by atoms with Gasteiger partial charge >= 0.3 is 29.7 Å². The van der Waals surface area contributed by atoms with Crippen molar-refractivity contribution in [2.75, 3.05) is 13.2 Å². The predicted octanol–water partition coefficient (Wildman–Crippen LogP) is 6.85. The van der Waals surface area contributed by atoms with Crippen molar-refractivity contribution in [3.05, 3.63) is 68.1 Å². The Morgan fingerprint density at radius 2 is 1.22 bits per heavy atom. The molecule has 2 aromatic rings. The zero-order valence-corrected chi connectivity index (χ0v) is 21.9. The molecule has 0 saturated carbocycles. The molecule has 0 radical (unpaired) electrons. The highest BCUT2D eigenvalue weighted by Gasteiger charge is 2.64. The lowest BCUT2D eigenvalue weighted by Gasteiger charge is -2.25. The minimum atomic E-state index is -5.05. The first-order chi connectivity index (χ1) is 16.9. The molecule has 0 fully saturated rings. The third kappa shape index (κ3) is 7.49. The van der Waals surface area contributed by atoms with Crippen molar-refractivity contribution in [3.63, 3.8) is 0 Å². The van der Waals surface area contributed by atoms with Crippen LogP contribution in [0.15, 0.2) is 45.3 Å². The number of ether oxygens (including phenoxy) is 2. The van der Waals surface area contributed by atoms with E-state index in [0.717, 1.165) is 18.2 Å². The first-order valence-electron chi connectivity index (χ1n) is 9.88. The van der Waals surface area contributed by atoms with E-state index < -0.39 is 69.3 Å². The Hall–Kier alpha value is -2.55. The highest BCUT2D eigenvalue weighted by molar-refractivity contribution is 9.10. The van der Waals surface area contributed by atoms with Gasteiger partial charge in [-0.25, -0.2) is 18.4 Å². The van der Waals surface area contributed by atoms with Gasteiger partial charge in [0.2, 0.25) is 5.78 Å². The number of carbonyl (C=O) groups is 3. The average Bonchev–Trinajstić information content (AvgIpc) is 2.79. The van der Waals surface area contributed by atoms with Crippen molar-refractivity contribution in [1.82, 2.24) is 0 Å². The maximum absolute atomic E-state index is 13.7. The molecule has 2 rings (SSSR count). The molecule has 0 aliphatic heterocycles. The number of hydrogen-bond donors (Lipinski definition) is 0. The second-order valence-corrected chi connectivity index (χ2v) is 8.45. The van der Waals surface area contributed by atoms with Gasteiger partial charge in [-0.3, -0.25) is 4.79 Å². The molecule has 0 aromatic heterocycles. The Kier molecular flexibility index (Phi) is 11.2. The van der Waals surface area contributed by atoms with Gasteiger partial charge in [0, 0.05) is 20.1 Å². The first kappa shape index (κ1) is 32.5. The topological polar surface area (TPSA) is 69.7 Å². The van der Waals surface area contributed by atoms with Crippen LogP contribution in [0, 0.1) is 11.6 Å². The Morgan fingerprint density at radius 1 is 0.757 bits per heavy atom. The van der Waals surface area contributed by atoms with Crippen LogP contribution in [0.2, 0.25) is 0 Å². The largest absolute Gasteiger partial charge is 0.461 e. The number of benzene rings is 2. The first-order valence-corrected chi connectivity index (χ1v) is 11.5. The fourth-order valence-corrected chi connectivity index (χ4v) is 3.55. The van der Waals surface area contributed by atoms with Crippen LogP contribution in [-0.2, 0) is 25.0 Å². The molecule has 0 spiro atoms. The van der Waals surface area contributed by atoms with Crippen LogP contribution >= 0.6 is 31.9 Å². The van der Waals surface area contributed by atoms with E-state index in [9.17, 15) is 49.5 Å². The van der Waals surface area contributed by atoms with E-state index in [4.69, 9.17) is 0 Å². The van der Waals surface area contributed by atoms with Crippen LogP contribution in [0.4, 0.5) is 35.1 Å². The summed E-state index contributed by atoms with van der Waals surface area (Å²) in [6.07, 6.45) is 0. The molecule has 0 bridgehead atoms. The van der Waals surface area contributed by atoms with Gasteiger partial charge in [0.25, 0.3) is 0 Å². The quantitative estimate of drug-likeness (QED) is 0.133. The molecule has 0 unspecified atom stereocenters. The fraction of sp³-hybridized carbons (Fsp3) is 0.318. The lowest BCUT2D eigenvalue weighted by molar-refractivity contribution is -0.233. The number of esters is 2. The molecule has 2 aromatic carbocycles. The third-order valence-corrected chi connectivity index (χ3v) is 5.50. The summed E-state index contributed by atoms with van der Waals surface area (Å²) in [6, 6.07) is 4.24. The Labute approximate surface area is 221 Å². The molecule has 0 saturated heterocycles. The van der Waals surface area contributed by atoms with Crippen LogP contribution in [0.5, 0.6) is 0 Å². The Bertz CT molecular complexity index is 1160. The van der Waals surface area contributed by atoms with Crippen molar-refractivity contribution >= 4 is 49.6 Å². The maximum Gasteiger partial charge on any atom is 0.408 e. The molecular formula is C22H16Br2F8O5. The van der Waals surface area contributed by atoms with E-state index >= 15 is 0 Å². The standard InChI is InChI=1S/C11H8BrF5O2.C11H8BrF3O3/c1-2-19-9(18)11(16,17)10(14,15)7-4-3-6(13)5-8(7)12;1-2-18-10(17)11(14,15)9(16)7-4-3-6(13)5-8(7)12/h3-5H,2H2,1H3;3-5H,2H2,1H3. The van der Waals surface area contributed by atoms with E-state index in [-0.39, 0.29) is 11.1 Å². The van der Waals surface area contributed by atoms with E-state index in [0.29, 0.717) is 18.2 Å². The zero-order valence-electron chi connectivity index (χ0n) is 18.7.